The average molecular weight is 234 g/mol. The lowest BCUT2D eigenvalue weighted by atomic mass is 9.89. The minimum Gasteiger partial charge on any atom is -0.372 e. The van der Waals surface area contributed by atoms with E-state index in [1.54, 1.807) is 11.3 Å². The molecule has 1 heterocycles. The molecule has 1 aliphatic carbocycles. The third-order valence-electron chi connectivity index (χ3n) is 4.13. The molecule has 0 N–H and O–H groups in total. The van der Waals surface area contributed by atoms with Crippen LogP contribution in [0.5, 0.6) is 0 Å². The Hall–Kier alpha value is -0.760. The van der Waals surface area contributed by atoms with Crippen LogP contribution in [0.15, 0.2) is 22.9 Å². The predicted octanol–water partition coefficient (Wildman–Crippen LogP) is 2.88. The molecule has 0 atom stereocenters. The number of hydrogen-bond acceptors (Lipinski definition) is 2. The van der Waals surface area contributed by atoms with Crippen molar-refractivity contribution in [3.8, 4) is 0 Å². The average Bonchev–Trinajstić information content (AvgIpc) is 2.30. The topological polar surface area (TPSA) is 6.48 Å². The van der Waals surface area contributed by atoms with Crippen LogP contribution in [0.2, 0.25) is 0 Å². The number of piperazine rings is 1. The van der Waals surface area contributed by atoms with Crippen molar-refractivity contribution in [1.29, 1.82) is 0 Å². The van der Waals surface area contributed by atoms with Crippen molar-refractivity contribution in [2.24, 2.45) is 5.92 Å². The van der Waals surface area contributed by atoms with Crippen LogP contribution in [0.25, 0.3) is 0 Å². The standard InChI is InChI=1S/C15H26N2/c1-12(2)14-5-6-15(13(3)11-14)17-9-7-16(4)8-10-17/h11-12H,5-10H2,1-4H3. The van der Waals surface area contributed by atoms with Crippen molar-refractivity contribution in [3.05, 3.63) is 22.9 Å². The van der Waals surface area contributed by atoms with Crippen LogP contribution in [0.4, 0.5) is 0 Å². The van der Waals surface area contributed by atoms with Crippen molar-refractivity contribution in [2.45, 2.75) is 33.6 Å². The first-order chi connectivity index (χ1) is 8.08. The Labute approximate surface area is 106 Å². The van der Waals surface area contributed by atoms with Crippen LogP contribution >= 0.6 is 0 Å². The summed E-state index contributed by atoms with van der Waals surface area (Å²) in [5.74, 6) is 0.707. The minimum absolute atomic E-state index is 0.707. The summed E-state index contributed by atoms with van der Waals surface area (Å²) >= 11 is 0. The number of rotatable bonds is 2. The first-order valence-corrected chi connectivity index (χ1v) is 6.91. The Kier molecular flexibility index (Phi) is 3.93. The molecule has 2 rings (SSSR count). The van der Waals surface area contributed by atoms with Gasteiger partial charge in [0.25, 0.3) is 0 Å². The monoisotopic (exact) mass is 234 g/mol. The normalized spacial score (nSPS) is 23.4. The van der Waals surface area contributed by atoms with E-state index in [-0.39, 0.29) is 0 Å². The zero-order chi connectivity index (χ0) is 12.4. The van der Waals surface area contributed by atoms with Crippen LogP contribution in [0.3, 0.4) is 0 Å². The first-order valence-electron chi connectivity index (χ1n) is 6.91. The van der Waals surface area contributed by atoms with Gasteiger partial charge in [-0.3, -0.25) is 0 Å². The zero-order valence-electron chi connectivity index (χ0n) is 11.8. The van der Waals surface area contributed by atoms with Gasteiger partial charge in [-0.25, -0.2) is 0 Å². The molecule has 0 spiro atoms. The Morgan fingerprint density at radius 1 is 1.06 bits per heavy atom. The summed E-state index contributed by atoms with van der Waals surface area (Å²) in [6.07, 6.45) is 4.94. The van der Waals surface area contributed by atoms with Gasteiger partial charge in [-0.05, 0) is 38.3 Å². The van der Waals surface area contributed by atoms with E-state index in [9.17, 15) is 0 Å². The molecule has 2 aliphatic rings. The van der Waals surface area contributed by atoms with E-state index in [4.69, 9.17) is 0 Å². The molecule has 17 heavy (non-hydrogen) atoms. The van der Waals surface area contributed by atoms with Gasteiger partial charge in [0.1, 0.15) is 0 Å². The second-order valence-corrected chi connectivity index (χ2v) is 5.79. The fourth-order valence-corrected chi connectivity index (χ4v) is 2.83. The van der Waals surface area contributed by atoms with Gasteiger partial charge in [0.2, 0.25) is 0 Å². The van der Waals surface area contributed by atoms with Gasteiger partial charge in [-0.15, -0.1) is 0 Å². The summed E-state index contributed by atoms with van der Waals surface area (Å²) in [6, 6.07) is 0. The molecule has 0 saturated carbocycles. The summed E-state index contributed by atoms with van der Waals surface area (Å²) in [4.78, 5) is 5.02. The molecule has 1 fully saturated rings. The Morgan fingerprint density at radius 2 is 1.71 bits per heavy atom. The van der Waals surface area contributed by atoms with E-state index in [0.29, 0.717) is 5.92 Å². The largest absolute Gasteiger partial charge is 0.372 e. The minimum atomic E-state index is 0.707. The van der Waals surface area contributed by atoms with Crippen LogP contribution in [-0.4, -0.2) is 43.0 Å². The number of hydrogen-bond donors (Lipinski definition) is 0. The maximum atomic E-state index is 2.60. The molecular formula is C15H26N2. The molecule has 1 aliphatic heterocycles. The van der Waals surface area contributed by atoms with Gasteiger partial charge in [-0.2, -0.15) is 0 Å². The zero-order valence-corrected chi connectivity index (χ0v) is 11.8. The third kappa shape index (κ3) is 2.92. The maximum absolute atomic E-state index is 2.60. The molecule has 0 bridgehead atoms. The molecule has 0 aromatic heterocycles. The smallest absolute Gasteiger partial charge is 0.0303 e. The van der Waals surface area contributed by atoms with E-state index < -0.39 is 0 Å². The highest BCUT2D eigenvalue weighted by Crippen LogP contribution is 2.30. The van der Waals surface area contributed by atoms with Crippen molar-refractivity contribution >= 4 is 0 Å². The quantitative estimate of drug-likeness (QED) is 0.725. The van der Waals surface area contributed by atoms with Gasteiger partial charge in [0.05, 0.1) is 0 Å². The highest BCUT2D eigenvalue weighted by molar-refractivity contribution is 5.32. The lowest BCUT2D eigenvalue weighted by Crippen LogP contribution is -2.44. The van der Waals surface area contributed by atoms with Crippen molar-refractivity contribution in [1.82, 2.24) is 9.80 Å². The summed E-state index contributed by atoms with van der Waals surface area (Å²) in [5, 5.41) is 0. The molecule has 96 valence electrons. The van der Waals surface area contributed by atoms with Crippen LogP contribution in [-0.2, 0) is 0 Å². The van der Waals surface area contributed by atoms with Crippen molar-refractivity contribution in [2.75, 3.05) is 33.2 Å². The molecule has 0 aromatic carbocycles. The van der Waals surface area contributed by atoms with Gasteiger partial charge >= 0.3 is 0 Å². The molecule has 0 aromatic rings. The molecule has 2 heteroatoms. The Bertz CT molecular complexity index is 331. The second kappa shape index (κ2) is 5.26. The molecule has 1 saturated heterocycles. The number of allylic oxidation sites excluding steroid dienone is 4. The van der Waals surface area contributed by atoms with Crippen molar-refractivity contribution < 1.29 is 0 Å². The van der Waals surface area contributed by atoms with E-state index in [1.165, 1.54) is 44.6 Å². The van der Waals surface area contributed by atoms with E-state index in [2.05, 4.69) is 43.7 Å². The van der Waals surface area contributed by atoms with Crippen molar-refractivity contribution in [3.63, 3.8) is 0 Å². The molecular weight excluding hydrogens is 208 g/mol. The SMILES string of the molecule is CC1=C(N2CCN(C)CC2)CCC(C(C)C)=C1. The maximum Gasteiger partial charge on any atom is 0.0303 e. The molecule has 0 amide bonds. The summed E-state index contributed by atoms with van der Waals surface area (Å²) in [7, 11) is 2.22. The summed E-state index contributed by atoms with van der Waals surface area (Å²) in [5.41, 5.74) is 4.73. The van der Waals surface area contributed by atoms with Gasteiger partial charge in [-0.1, -0.05) is 25.5 Å². The molecule has 0 radical (unpaired) electrons. The fourth-order valence-electron chi connectivity index (χ4n) is 2.83. The van der Waals surface area contributed by atoms with Crippen LogP contribution in [0, 0.1) is 5.92 Å². The van der Waals surface area contributed by atoms with E-state index >= 15 is 0 Å². The molecule has 2 nitrogen and oxygen atoms in total. The third-order valence-corrected chi connectivity index (χ3v) is 4.13. The molecule has 0 unspecified atom stereocenters. The highest BCUT2D eigenvalue weighted by atomic mass is 15.2. The Balaban J connectivity index is 2.09. The first kappa shape index (κ1) is 12.7. The summed E-state index contributed by atoms with van der Waals surface area (Å²) in [6.45, 7) is 11.7. The lowest BCUT2D eigenvalue weighted by Gasteiger charge is -2.38. The lowest BCUT2D eigenvalue weighted by molar-refractivity contribution is 0.180. The number of likely N-dealkylation sites (N-methyl/N-ethyl adjacent to an activating group) is 1. The number of nitrogens with zero attached hydrogens (tertiary/aromatic N) is 2. The van der Waals surface area contributed by atoms with Gasteiger partial charge in [0.15, 0.2) is 0 Å². The van der Waals surface area contributed by atoms with Crippen LogP contribution < -0.4 is 0 Å². The second-order valence-electron chi connectivity index (χ2n) is 5.79. The van der Waals surface area contributed by atoms with Crippen LogP contribution in [0.1, 0.15) is 33.6 Å². The summed E-state index contributed by atoms with van der Waals surface area (Å²) < 4.78 is 0. The van der Waals surface area contributed by atoms with Gasteiger partial charge < -0.3 is 9.80 Å². The van der Waals surface area contributed by atoms with E-state index in [1.807, 2.05) is 0 Å². The Morgan fingerprint density at radius 3 is 2.24 bits per heavy atom. The predicted molar refractivity (Wildman–Crippen MR) is 73.9 cm³/mol. The highest BCUT2D eigenvalue weighted by Gasteiger charge is 2.20. The fraction of sp³-hybridized carbons (Fsp3) is 0.733. The van der Waals surface area contributed by atoms with E-state index in [0.717, 1.165) is 0 Å². The van der Waals surface area contributed by atoms with Gasteiger partial charge in [0, 0.05) is 31.9 Å².